The maximum atomic E-state index is 10.5. The van der Waals surface area contributed by atoms with Gasteiger partial charge >= 0.3 is 5.97 Å². The minimum absolute atomic E-state index is 0.313. The number of hydrogen-bond donors (Lipinski definition) is 1. The van der Waals surface area contributed by atoms with Crippen molar-refractivity contribution in [2.75, 3.05) is 19.6 Å². The van der Waals surface area contributed by atoms with E-state index in [1.165, 1.54) is 0 Å². The summed E-state index contributed by atoms with van der Waals surface area (Å²) in [6.45, 7) is 4.30. The average Bonchev–Trinajstić information content (AvgIpc) is 2.97. The van der Waals surface area contributed by atoms with Gasteiger partial charge in [0.25, 0.3) is 0 Å². The fourth-order valence-corrected chi connectivity index (χ4v) is 2.58. The molecule has 1 atom stereocenters. The summed E-state index contributed by atoms with van der Waals surface area (Å²) in [5, 5.41) is 8.66. The molecule has 100 valence electrons. The SMILES string of the molecule is O=C(O)CCC1CCN(CCCn2ccnc2)C1. The summed E-state index contributed by atoms with van der Waals surface area (Å²) in [7, 11) is 0. The quantitative estimate of drug-likeness (QED) is 0.797. The summed E-state index contributed by atoms with van der Waals surface area (Å²) in [6, 6.07) is 0. The van der Waals surface area contributed by atoms with Gasteiger partial charge in [-0.05, 0) is 38.3 Å². The Morgan fingerprint density at radius 2 is 2.33 bits per heavy atom. The van der Waals surface area contributed by atoms with Gasteiger partial charge in [-0.2, -0.15) is 0 Å². The van der Waals surface area contributed by atoms with Crippen LogP contribution in [0.5, 0.6) is 0 Å². The van der Waals surface area contributed by atoms with Crippen LogP contribution in [0.3, 0.4) is 0 Å². The Morgan fingerprint density at radius 1 is 1.44 bits per heavy atom. The van der Waals surface area contributed by atoms with Gasteiger partial charge in [-0.3, -0.25) is 4.79 Å². The summed E-state index contributed by atoms with van der Waals surface area (Å²) < 4.78 is 2.10. The Labute approximate surface area is 107 Å². The lowest BCUT2D eigenvalue weighted by molar-refractivity contribution is -0.137. The fourth-order valence-electron chi connectivity index (χ4n) is 2.58. The molecular weight excluding hydrogens is 230 g/mol. The van der Waals surface area contributed by atoms with Gasteiger partial charge in [0.1, 0.15) is 0 Å². The van der Waals surface area contributed by atoms with Crippen molar-refractivity contribution in [3.8, 4) is 0 Å². The van der Waals surface area contributed by atoms with Crippen molar-refractivity contribution in [3.05, 3.63) is 18.7 Å². The molecule has 1 aliphatic heterocycles. The van der Waals surface area contributed by atoms with Crippen LogP contribution in [-0.4, -0.2) is 45.2 Å². The van der Waals surface area contributed by atoms with Crippen LogP contribution in [0, 0.1) is 5.92 Å². The molecular formula is C13H21N3O2. The zero-order chi connectivity index (χ0) is 12.8. The van der Waals surface area contributed by atoms with Crippen LogP contribution in [0.1, 0.15) is 25.7 Å². The molecule has 2 rings (SSSR count). The molecule has 0 saturated carbocycles. The van der Waals surface area contributed by atoms with E-state index in [4.69, 9.17) is 5.11 Å². The molecule has 0 spiro atoms. The molecule has 0 amide bonds. The van der Waals surface area contributed by atoms with Crippen LogP contribution in [-0.2, 0) is 11.3 Å². The third kappa shape index (κ3) is 4.14. The molecule has 0 aliphatic carbocycles. The highest BCUT2D eigenvalue weighted by Crippen LogP contribution is 2.21. The van der Waals surface area contributed by atoms with Crippen LogP contribution in [0.4, 0.5) is 0 Å². The Balaban J connectivity index is 1.59. The third-order valence-corrected chi connectivity index (χ3v) is 3.59. The number of imidazole rings is 1. The van der Waals surface area contributed by atoms with Crippen LogP contribution in [0.15, 0.2) is 18.7 Å². The van der Waals surface area contributed by atoms with E-state index in [0.717, 1.165) is 45.4 Å². The number of hydrogen-bond acceptors (Lipinski definition) is 3. The molecule has 1 aromatic heterocycles. The minimum atomic E-state index is -0.673. The smallest absolute Gasteiger partial charge is 0.303 e. The molecule has 1 fully saturated rings. The van der Waals surface area contributed by atoms with Gasteiger partial charge in [0.15, 0.2) is 0 Å². The largest absolute Gasteiger partial charge is 0.481 e. The van der Waals surface area contributed by atoms with Crippen LogP contribution in [0.25, 0.3) is 0 Å². The van der Waals surface area contributed by atoms with E-state index < -0.39 is 5.97 Å². The molecule has 1 saturated heterocycles. The van der Waals surface area contributed by atoms with E-state index in [1.54, 1.807) is 6.20 Å². The standard InChI is InChI=1S/C13H21N3O2/c17-13(18)3-2-12-4-8-15(10-12)6-1-7-16-9-5-14-11-16/h5,9,11-12H,1-4,6-8,10H2,(H,17,18). The number of likely N-dealkylation sites (tertiary alicyclic amines) is 1. The van der Waals surface area contributed by atoms with Crippen molar-refractivity contribution in [2.45, 2.75) is 32.2 Å². The number of carbonyl (C=O) groups is 1. The van der Waals surface area contributed by atoms with E-state index >= 15 is 0 Å². The summed E-state index contributed by atoms with van der Waals surface area (Å²) in [4.78, 5) is 17.0. The highest BCUT2D eigenvalue weighted by atomic mass is 16.4. The Bertz CT molecular complexity index is 364. The molecule has 5 nitrogen and oxygen atoms in total. The molecule has 5 heteroatoms. The summed E-state index contributed by atoms with van der Waals surface area (Å²) in [5.41, 5.74) is 0. The lowest BCUT2D eigenvalue weighted by Crippen LogP contribution is -2.23. The van der Waals surface area contributed by atoms with E-state index in [1.807, 2.05) is 12.5 Å². The fraction of sp³-hybridized carbons (Fsp3) is 0.692. The number of aliphatic carboxylic acids is 1. The van der Waals surface area contributed by atoms with Crippen molar-refractivity contribution < 1.29 is 9.90 Å². The van der Waals surface area contributed by atoms with E-state index in [9.17, 15) is 4.79 Å². The van der Waals surface area contributed by atoms with Gasteiger partial charge in [0.2, 0.25) is 0 Å². The van der Waals surface area contributed by atoms with Gasteiger partial charge in [0.05, 0.1) is 6.33 Å². The first-order valence-electron chi connectivity index (χ1n) is 6.64. The Kier molecular flexibility index (Phi) is 4.75. The molecule has 1 aromatic rings. The average molecular weight is 251 g/mol. The second-order valence-electron chi connectivity index (χ2n) is 5.04. The predicted molar refractivity (Wildman–Crippen MR) is 68.3 cm³/mol. The lowest BCUT2D eigenvalue weighted by atomic mass is 10.0. The van der Waals surface area contributed by atoms with E-state index in [0.29, 0.717) is 12.3 Å². The van der Waals surface area contributed by atoms with Crippen LogP contribution in [0.2, 0.25) is 0 Å². The summed E-state index contributed by atoms with van der Waals surface area (Å²) in [6.07, 6.45) is 9.05. The van der Waals surface area contributed by atoms with Gasteiger partial charge < -0.3 is 14.6 Å². The van der Waals surface area contributed by atoms with Crippen LogP contribution >= 0.6 is 0 Å². The number of aryl methyl sites for hydroxylation is 1. The molecule has 0 bridgehead atoms. The highest BCUT2D eigenvalue weighted by Gasteiger charge is 2.22. The third-order valence-electron chi connectivity index (χ3n) is 3.59. The normalized spacial score (nSPS) is 20.3. The monoisotopic (exact) mass is 251 g/mol. The second kappa shape index (κ2) is 6.54. The van der Waals surface area contributed by atoms with Crippen molar-refractivity contribution in [3.63, 3.8) is 0 Å². The van der Waals surface area contributed by atoms with Gasteiger partial charge in [-0.1, -0.05) is 0 Å². The zero-order valence-corrected chi connectivity index (χ0v) is 10.7. The van der Waals surface area contributed by atoms with Crippen molar-refractivity contribution in [1.82, 2.24) is 14.5 Å². The number of carboxylic acids is 1. The van der Waals surface area contributed by atoms with Gasteiger partial charge in [-0.15, -0.1) is 0 Å². The first-order valence-corrected chi connectivity index (χ1v) is 6.64. The van der Waals surface area contributed by atoms with Crippen LogP contribution < -0.4 is 0 Å². The Morgan fingerprint density at radius 3 is 3.06 bits per heavy atom. The highest BCUT2D eigenvalue weighted by molar-refractivity contribution is 5.66. The molecule has 2 heterocycles. The van der Waals surface area contributed by atoms with Crippen molar-refractivity contribution in [2.24, 2.45) is 5.92 Å². The number of rotatable bonds is 7. The van der Waals surface area contributed by atoms with E-state index in [-0.39, 0.29) is 0 Å². The summed E-state index contributed by atoms with van der Waals surface area (Å²) in [5.74, 6) is -0.0945. The molecule has 0 aromatic carbocycles. The zero-order valence-electron chi connectivity index (χ0n) is 10.7. The topological polar surface area (TPSA) is 58.4 Å². The van der Waals surface area contributed by atoms with Gasteiger partial charge in [0, 0.05) is 31.9 Å². The van der Waals surface area contributed by atoms with E-state index in [2.05, 4.69) is 14.5 Å². The molecule has 1 aliphatic rings. The van der Waals surface area contributed by atoms with Crippen molar-refractivity contribution in [1.29, 1.82) is 0 Å². The minimum Gasteiger partial charge on any atom is -0.481 e. The maximum Gasteiger partial charge on any atom is 0.303 e. The second-order valence-corrected chi connectivity index (χ2v) is 5.04. The molecule has 0 radical (unpaired) electrons. The number of carboxylic acid groups (broad SMARTS) is 1. The van der Waals surface area contributed by atoms with Gasteiger partial charge in [-0.25, -0.2) is 4.98 Å². The first-order chi connectivity index (χ1) is 8.74. The summed E-state index contributed by atoms with van der Waals surface area (Å²) >= 11 is 0. The number of aromatic nitrogens is 2. The van der Waals surface area contributed by atoms with Crippen molar-refractivity contribution >= 4 is 5.97 Å². The first kappa shape index (κ1) is 13.1. The Hall–Kier alpha value is -1.36. The number of nitrogens with zero attached hydrogens (tertiary/aromatic N) is 3. The predicted octanol–water partition coefficient (Wildman–Crippen LogP) is 1.46. The molecule has 1 N–H and O–H groups in total. The lowest BCUT2D eigenvalue weighted by Gasteiger charge is -2.15. The molecule has 18 heavy (non-hydrogen) atoms. The molecule has 1 unspecified atom stereocenters. The maximum absolute atomic E-state index is 10.5.